The third-order valence-electron chi connectivity index (χ3n) is 1.58. The maximum atomic E-state index is 11.2. The summed E-state index contributed by atoms with van der Waals surface area (Å²) < 4.78 is 0. The molecule has 4 heteroatoms. The molecule has 0 heterocycles. The molecule has 12 heavy (non-hydrogen) atoms. The number of thiol groups is 1. The largest absolute Gasteiger partial charge is 0.355 e. The molecule has 0 rings (SSSR count). The summed E-state index contributed by atoms with van der Waals surface area (Å²) >= 11 is 4.18. The number of carbonyl (C=O) groups excluding carboxylic acids is 1. The molecule has 0 aliphatic rings. The average molecular weight is 190 g/mol. The Bertz CT molecular complexity index is 139. The molecule has 1 atom stereocenters. The molecule has 72 valence electrons. The number of rotatable bonds is 5. The standard InChI is InChI=1S/C8H18N2OS/c1-6(2)7(12)8(11)10-5-3-4-9/h6-7,12H,3-5,9H2,1-2H3,(H,10,11). The predicted octanol–water partition coefficient (Wildman–Crippen LogP) is 0.406. The molecule has 0 bridgehead atoms. The lowest BCUT2D eigenvalue weighted by Crippen LogP contribution is -2.35. The van der Waals surface area contributed by atoms with Crippen molar-refractivity contribution in [3.05, 3.63) is 0 Å². The van der Waals surface area contributed by atoms with Gasteiger partial charge in [0.15, 0.2) is 0 Å². The first kappa shape index (κ1) is 11.8. The van der Waals surface area contributed by atoms with Gasteiger partial charge in [-0.2, -0.15) is 12.6 Å². The van der Waals surface area contributed by atoms with Crippen LogP contribution in [0.3, 0.4) is 0 Å². The summed E-state index contributed by atoms with van der Waals surface area (Å²) in [6.45, 7) is 5.21. The van der Waals surface area contributed by atoms with Crippen molar-refractivity contribution in [3.63, 3.8) is 0 Å². The molecule has 0 saturated heterocycles. The lowest BCUT2D eigenvalue weighted by molar-refractivity contribution is -0.121. The molecule has 0 radical (unpaired) electrons. The SMILES string of the molecule is CC(C)C(S)C(=O)NCCCN. The smallest absolute Gasteiger partial charge is 0.233 e. The zero-order valence-electron chi connectivity index (χ0n) is 7.71. The fraction of sp³-hybridized carbons (Fsp3) is 0.875. The van der Waals surface area contributed by atoms with Crippen LogP contribution in [0.2, 0.25) is 0 Å². The summed E-state index contributed by atoms with van der Waals surface area (Å²) in [5.74, 6) is 0.271. The van der Waals surface area contributed by atoms with Gasteiger partial charge < -0.3 is 11.1 Å². The van der Waals surface area contributed by atoms with Crippen molar-refractivity contribution in [1.29, 1.82) is 0 Å². The van der Waals surface area contributed by atoms with Crippen LogP contribution in [-0.2, 0) is 4.79 Å². The van der Waals surface area contributed by atoms with Crippen molar-refractivity contribution in [2.75, 3.05) is 13.1 Å². The third kappa shape index (κ3) is 4.62. The third-order valence-corrected chi connectivity index (χ3v) is 2.41. The summed E-state index contributed by atoms with van der Waals surface area (Å²) in [5, 5.41) is 2.56. The van der Waals surface area contributed by atoms with E-state index in [0.29, 0.717) is 13.1 Å². The molecular weight excluding hydrogens is 172 g/mol. The van der Waals surface area contributed by atoms with Gasteiger partial charge in [-0.3, -0.25) is 4.79 Å². The van der Waals surface area contributed by atoms with Crippen LogP contribution in [0.5, 0.6) is 0 Å². The van der Waals surface area contributed by atoms with Gasteiger partial charge in [0.2, 0.25) is 5.91 Å². The average Bonchev–Trinajstić information content (AvgIpc) is 2.03. The van der Waals surface area contributed by atoms with Crippen LogP contribution < -0.4 is 11.1 Å². The molecule has 3 N–H and O–H groups in total. The zero-order chi connectivity index (χ0) is 9.56. The molecular formula is C8H18N2OS. The van der Waals surface area contributed by atoms with Gasteiger partial charge in [0.25, 0.3) is 0 Å². The van der Waals surface area contributed by atoms with Crippen molar-refractivity contribution in [3.8, 4) is 0 Å². The van der Waals surface area contributed by atoms with Crippen LogP contribution in [-0.4, -0.2) is 24.2 Å². The van der Waals surface area contributed by atoms with Gasteiger partial charge in [-0.15, -0.1) is 0 Å². The Morgan fingerprint density at radius 3 is 2.58 bits per heavy atom. The van der Waals surface area contributed by atoms with E-state index in [1.54, 1.807) is 0 Å². The van der Waals surface area contributed by atoms with Crippen LogP contribution in [0, 0.1) is 5.92 Å². The summed E-state index contributed by atoms with van der Waals surface area (Å²) in [6.07, 6.45) is 0.824. The van der Waals surface area contributed by atoms with E-state index in [9.17, 15) is 4.79 Å². The predicted molar refractivity (Wildman–Crippen MR) is 54.3 cm³/mol. The highest BCUT2D eigenvalue weighted by Gasteiger charge is 2.16. The molecule has 0 aromatic rings. The van der Waals surface area contributed by atoms with Crippen molar-refractivity contribution in [2.24, 2.45) is 11.7 Å². The fourth-order valence-corrected chi connectivity index (χ4v) is 0.812. The Morgan fingerprint density at radius 2 is 2.17 bits per heavy atom. The van der Waals surface area contributed by atoms with Crippen LogP contribution in [0.15, 0.2) is 0 Å². The summed E-state index contributed by atoms with van der Waals surface area (Å²) in [5.41, 5.74) is 5.28. The van der Waals surface area contributed by atoms with Gasteiger partial charge in [0.05, 0.1) is 5.25 Å². The van der Waals surface area contributed by atoms with Gasteiger partial charge in [-0.1, -0.05) is 13.8 Å². The second-order valence-electron chi connectivity index (χ2n) is 3.12. The Hall–Kier alpha value is -0.220. The van der Waals surface area contributed by atoms with Gasteiger partial charge >= 0.3 is 0 Å². The maximum absolute atomic E-state index is 11.2. The molecule has 1 amide bonds. The normalized spacial score (nSPS) is 13.1. The van der Waals surface area contributed by atoms with Gasteiger partial charge in [0, 0.05) is 6.54 Å². The highest BCUT2D eigenvalue weighted by Crippen LogP contribution is 2.08. The Labute approximate surface area is 79.5 Å². The van der Waals surface area contributed by atoms with Crippen molar-refractivity contribution in [1.82, 2.24) is 5.32 Å². The minimum Gasteiger partial charge on any atom is -0.355 e. The van der Waals surface area contributed by atoms with E-state index in [4.69, 9.17) is 5.73 Å². The topological polar surface area (TPSA) is 55.1 Å². The van der Waals surface area contributed by atoms with Gasteiger partial charge in [-0.25, -0.2) is 0 Å². The first-order valence-electron chi connectivity index (χ1n) is 4.25. The molecule has 0 fully saturated rings. The summed E-state index contributed by atoms with van der Waals surface area (Å²) in [4.78, 5) is 11.2. The quantitative estimate of drug-likeness (QED) is 0.434. The lowest BCUT2D eigenvalue weighted by atomic mass is 10.1. The number of nitrogens with one attached hydrogen (secondary N) is 1. The lowest BCUT2D eigenvalue weighted by Gasteiger charge is -2.13. The van der Waals surface area contributed by atoms with E-state index in [0.717, 1.165) is 6.42 Å². The molecule has 0 aromatic carbocycles. The molecule has 1 unspecified atom stereocenters. The molecule has 0 spiro atoms. The van der Waals surface area contributed by atoms with E-state index >= 15 is 0 Å². The fourth-order valence-electron chi connectivity index (χ4n) is 0.721. The van der Waals surface area contributed by atoms with E-state index < -0.39 is 0 Å². The summed E-state index contributed by atoms with van der Waals surface area (Å²) in [7, 11) is 0. The van der Waals surface area contributed by atoms with Crippen LogP contribution in [0.4, 0.5) is 0 Å². The zero-order valence-corrected chi connectivity index (χ0v) is 8.60. The number of nitrogens with two attached hydrogens (primary N) is 1. The number of hydrogen-bond acceptors (Lipinski definition) is 3. The highest BCUT2D eigenvalue weighted by molar-refractivity contribution is 7.81. The first-order valence-corrected chi connectivity index (χ1v) is 4.77. The van der Waals surface area contributed by atoms with E-state index in [1.807, 2.05) is 13.8 Å². The van der Waals surface area contributed by atoms with Gasteiger partial charge in [0.1, 0.15) is 0 Å². The van der Waals surface area contributed by atoms with Gasteiger partial charge in [-0.05, 0) is 18.9 Å². The Kier molecular flexibility index (Phi) is 6.20. The second-order valence-corrected chi connectivity index (χ2v) is 3.68. The molecule has 0 saturated carbocycles. The van der Waals surface area contributed by atoms with Crippen molar-refractivity contribution < 1.29 is 4.79 Å². The van der Waals surface area contributed by atoms with Crippen molar-refractivity contribution >= 4 is 18.5 Å². The molecule has 0 aromatic heterocycles. The summed E-state index contributed by atoms with van der Waals surface area (Å²) in [6, 6.07) is 0. The minimum absolute atomic E-state index is 0.00165. The number of amides is 1. The van der Waals surface area contributed by atoms with Crippen LogP contribution in [0.1, 0.15) is 20.3 Å². The first-order chi connectivity index (χ1) is 5.59. The maximum Gasteiger partial charge on any atom is 0.233 e. The van der Waals surface area contributed by atoms with Crippen molar-refractivity contribution in [2.45, 2.75) is 25.5 Å². The van der Waals surface area contributed by atoms with Crippen LogP contribution >= 0.6 is 12.6 Å². The monoisotopic (exact) mass is 190 g/mol. The Morgan fingerprint density at radius 1 is 1.58 bits per heavy atom. The number of carbonyl (C=O) groups is 1. The Balaban J connectivity index is 3.57. The molecule has 0 aliphatic carbocycles. The van der Waals surface area contributed by atoms with E-state index in [1.165, 1.54) is 0 Å². The van der Waals surface area contributed by atoms with E-state index in [-0.39, 0.29) is 17.1 Å². The molecule has 0 aliphatic heterocycles. The molecule has 3 nitrogen and oxygen atoms in total. The number of hydrogen-bond donors (Lipinski definition) is 3. The van der Waals surface area contributed by atoms with Crippen LogP contribution in [0.25, 0.3) is 0 Å². The van der Waals surface area contributed by atoms with E-state index in [2.05, 4.69) is 17.9 Å². The minimum atomic E-state index is -0.206. The second kappa shape index (κ2) is 6.31. The highest BCUT2D eigenvalue weighted by atomic mass is 32.1.